The van der Waals surface area contributed by atoms with Crippen molar-refractivity contribution >= 4 is 0 Å². The Morgan fingerprint density at radius 2 is 2.07 bits per heavy atom. The summed E-state index contributed by atoms with van der Waals surface area (Å²) in [5, 5.41) is 9.11. The van der Waals surface area contributed by atoms with Gasteiger partial charge in [-0.1, -0.05) is 20.8 Å². The molecule has 0 aliphatic heterocycles. The molecule has 1 aromatic heterocycles. The Morgan fingerprint density at radius 3 is 2.53 bits per heavy atom. The van der Waals surface area contributed by atoms with Crippen LogP contribution in [0.1, 0.15) is 44.9 Å². The number of hydrogen-bond acceptors (Lipinski definition) is 2. The monoisotopic (exact) mass is 200 g/mol. The highest BCUT2D eigenvalue weighted by molar-refractivity contribution is 5.37. The molecule has 1 heterocycles. The quantitative estimate of drug-likeness (QED) is 0.698. The van der Waals surface area contributed by atoms with Crippen LogP contribution in [0.15, 0.2) is 18.3 Å². The topological polar surface area (TPSA) is 36.7 Å². The molecule has 15 heavy (non-hydrogen) atoms. The van der Waals surface area contributed by atoms with Crippen LogP contribution in [0.5, 0.6) is 0 Å². The second kappa shape index (κ2) is 3.06. The van der Waals surface area contributed by atoms with Crippen molar-refractivity contribution in [2.24, 2.45) is 0 Å². The van der Waals surface area contributed by atoms with Crippen LogP contribution in [-0.2, 0) is 10.8 Å². The molecule has 0 aromatic carbocycles. The molecule has 0 atom stereocenters. The molecule has 2 rings (SSSR count). The highest BCUT2D eigenvalue weighted by atomic mass is 14.7. The van der Waals surface area contributed by atoms with Crippen molar-refractivity contribution in [3.05, 3.63) is 29.6 Å². The van der Waals surface area contributed by atoms with Crippen molar-refractivity contribution in [2.45, 2.75) is 44.4 Å². The van der Waals surface area contributed by atoms with Gasteiger partial charge in [-0.3, -0.25) is 4.98 Å². The molecule has 1 aromatic rings. The van der Waals surface area contributed by atoms with Gasteiger partial charge in [-0.15, -0.1) is 0 Å². The van der Waals surface area contributed by atoms with Gasteiger partial charge in [0.25, 0.3) is 0 Å². The Balaban J connectivity index is 2.41. The molecule has 0 N–H and O–H groups in total. The lowest BCUT2D eigenvalue weighted by Crippen LogP contribution is -2.14. The van der Waals surface area contributed by atoms with Gasteiger partial charge in [0.15, 0.2) is 0 Å². The Bertz CT molecular complexity index is 417. The minimum Gasteiger partial charge on any atom is -0.260 e. The van der Waals surface area contributed by atoms with E-state index in [1.54, 1.807) is 0 Å². The molecule has 78 valence electrons. The smallest absolute Gasteiger partial charge is 0.0994 e. The number of hydrogen-bond donors (Lipinski definition) is 0. The Kier molecular flexibility index (Phi) is 2.08. The molecule has 0 spiro atoms. The largest absolute Gasteiger partial charge is 0.260 e. The van der Waals surface area contributed by atoms with Gasteiger partial charge in [0.2, 0.25) is 0 Å². The molecule has 1 aliphatic rings. The van der Waals surface area contributed by atoms with Crippen molar-refractivity contribution in [1.82, 2.24) is 4.98 Å². The maximum absolute atomic E-state index is 9.11. The van der Waals surface area contributed by atoms with Gasteiger partial charge in [0.1, 0.15) is 0 Å². The third kappa shape index (κ3) is 1.74. The standard InChI is InChI=1S/C13H16N2/c1-12(2,3)10-4-7-15-11(8-10)13(9-14)5-6-13/h4,7-8H,5-6H2,1-3H3. The van der Waals surface area contributed by atoms with Crippen LogP contribution in [0.3, 0.4) is 0 Å². The first-order valence-corrected chi connectivity index (χ1v) is 5.36. The molecule has 0 saturated heterocycles. The van der Waals surface area contributed by atoms with E-state index in [1.165, 1.54) is 5.56 Å². The van der Waals surface area contributed by atoms with Crippen LogP contribution >= 0.6 is 0 Å². The van der Waals surface area contributed by atoms with E-state index in [-0.39, 0.29) is 10.8 Å². The zero-order valence-corrected chi connectivity index (χ0v) is 9.54. The summed E-state index contributed by atoms with van der Waals surface area (Å²) in [6.07, 6.45) is 3.75. The predicted molar refractivity (Wildman–Crippen MR) is 59.5 cm³/mol. The van der Waals surface area contributed by atoms with Crippen LogP contribution in [-0.4, -0.2) is 4.98 Å². The molecule has 1 fully saturated rings. The summed E-state index contributed by atoms with van der Waals surface area (Å²) in [7, 11) is 0. The zero-order valence-electron chi connectivity index (χ0n) is 9.54. The molecule has 0 bridgehead atoms. The third-order valence-corrected chi connectivity index (χ3v) is 3.08. The Hall–Kier alpha value is -1.36. The number of nitrogens with zero attached hydrogens (tertiary/aromatic N) is 2. The summed E-state index contributed by atoms with van der Waals surface area (Å²) in [5.41, 5.74) is 2.08. The van der Waals surface area contributed by atoms with E-state index < -0.39 is 0 Å². The molecule has 0 radical (unpaired) electrons. The summed E-state index contributed by atoms with van der Waals surface area (Å²) >= 11 is 0. The zero-order chi connectivity index (χ0) is 11.1. The Labute approximate surface area is 91.0 Å². The SMILES string of the molecule is CC(C)(C)c1ccnc(C2(C#N)CC2)c1. The van der Waals surface area contributed by atoms with E-state index in [1.807, 2.05) is 12.3 Å². The number of rotatable bonds is 1. The van der Waals surface area contributed by atoms with Gasteiger partial charge in [0, 0.05) is 6.20 Å². The van der Waals surface area contributed by atoms with E-state index in [2.05, 4.69) is 37.9 Å². The fraction of sp³-hybridized carbons (Fsp3) is 0.538. The van der Waals surface area contributed by atoms with Crippen LogP contribution in [0.2, 0.25) is 0 Å². The number of pyridine rings is 1. The van der Waals surface area contributed by atoms with Gasteiger partial charge in [0.05, 0.1) is 17.2 Å². The van der Waals surface area contributed by atoms with E-state index in [0.717, 1.165) is 18.5 Å². The average Bonchev–Trinajstić information content (AvgIpc) is 2.97. The third-order valence-electron chi connectivity index (χ3n) is 3.08. The number of aromatic nitrogens is 1. The summed E-state index contributed by atoms with van der Waals surface area (Å²) in [6.45, 7) is 6.54. The lowest BCUT2D eigenvalue weighted by atomic mass is 9.86. The van der Waals surface area contributed by atoms with Crippen LogP contribution in [0, 0.1) is 11.3 Å². The van der Waals surface area contributed by atoms with Gasteiger partial charge in [-0.2, -0.15) is 5.26 Å². The molecule has 1 aliphatic carbocycles. The van der Waals surface area contributed by atoms with Crippen molar-refractivity contribution in [2.75, 3.05) is 0 Å². The normalized spacial score (nSPS) is 18.3. The maximum Gasteiger partial charge on any atom is 0.0994 e. The lowest BCUT2D eigenvalue weighted by molar-refractivity contribution is 0.586. The number of nitriles is 1. The second-order valence-electron chi connectivity index (χ2n) is 5.37. The highest BCUT2D eigenvalue weighted by Crippen LogP contribution is 2.47. The second-order valence-corrected chi connectivity index (χ2v) is 5.37. The van der Waals surface area contributed by atoms with Crippen molar-refractivity contribution < 1.29 is 0 Å². The minimum absolute atomic E-state index is 0.128. The van der Waals surface area contributed by atoms with Gasteiger partial charge in [-0.05, 0) is 36.0 Å². The molecular formula is C13H16N2. The van der Waals surface area contributed by atoms with Crippen molar-refractivity contribution in [3.63, 3.8) is 0 Å². The summed E-state index contributed by atoms with van der Waals surface area (Å²) in [5.74, 6) is 0. The Morgan fingerprint density at radius 1 is 1.40 bits per heavy atom. The molecular weight excluding hydrogens is 184 g/mol. The fourth-order valence-corrected chi connectivity index (χ4v) is 1.71. The van der Waals surface area contributed by atoms with Crippen LogP contribution in [0.25, 0.3) is 0 Å². The van der Waals surface area contributed by atoms with E-state index >= 15 is 0 Å². The van der Waals surface area contributed by atoms with Crippen molar-refractivity contribution in [1.29, 1.82) is 5.26 Å². The van der Waals surface area contributed by atoms with Crippen LogP contribution < -0.4 is 0 Å². The van der Waals surface area contributed by atoms with E-state index in [4.69, 9.17) is 5.26 Å². The highest BCUT2D eigenvalue weighted by Gasteiger charge is 2.46. The predicted octanol–water partition coefficient (Wildman–Crippen LogP) is 2.93. The van der Waals surface area contributed by atoms with Crippen LogP contribution in [0.4, 0.5) is 0 Å². The molecule has 1 saturated carbocycles. The van der Waals surface area contributed by atoms with Crippen molar-refractivity contribution in [3.8, 4) is 6.07 Å². The van der Waals surface area contributed by atoms with Gasteiger partial charge < -0.3 is 0 Å². The fourth-order valence-electron chi connectivity index (χ4n) is 1.71. The first-order valence-electron chi connectivity index (χ1n) is 5.36. The minimum atomic E-state index is -0.263. The first-order chi connectivity index (χ1) is 6.98. The summed E-state index contributed by atoms with van der Waals surface area (Å²) in [6, 6.07) is 6.52. The van der Waals surface area contributed by atoms with E-state index in [0.29, 0.717) is 0 Å². The van der Waals surface area contributed by atoms with Gasteiger partial charge in [-0.25, -0.2) is 0 Å². The maximum atomic E-state index is 9.11. The molecule has 2 nitrogen and oxygen atoms in total. The summed E-state index contributed by atoms with van der Waals surface area (Å²) in [4.78, 5) is 4.34. The molecule has 2 heteroatoms. The summed E-state index contributed by atoms with van der Waals surface area (Å²) < 4.78 is 0. The van der Waals surface area contributed by atoms with Gasteiger partial charge >= 0.3 is 0 Å². The molecule has 0 unspecified atom stereocenters. The average molecular weight is 200 g/mol. The molecule has 0 amide bonds. The lowest BCUT2D eigenvalue weighted by Gasteiger charge is -2.20. The van der Waals surface area contributed by atoms with E-state index in [9.17, 15) is 0 Å². The first kappa shape index (κ1) is 10.2.